The fraction of sp³-hybridized carbons (Fsp3) is 0.323. The molecule has 1 atom stereocenters. The van der Waals surface area contributed by atoms with Gasteiger partial charge in [-0.3, -0.25) is 14.4 Å². The van der Waals surface area contributed by atoms with E-state index in [-0.39, 0.29) is 37.1 Å². The predicted octanol–water partition coefficient (Wildman–Crippen LogP) is 5.75. The number of fused-ring (bicyclic) bond motifs is 1. The van der Waals surface area contributed by atoms with Gasteiger partial charge in [0.1, 0.15) is 12.4 Å². The van der Waals surface area contributed by atoms with E-state index >= 15 is 0 Å². The molecule has 3 N–H and O–H groups in total. The molecule has 0 aromatic heterocycles. The van der Waals surface area contributed by atoms with E-state index in [9.17, 15) is 19.5 Å². The second-order valence-electron chi connectivity index (χ2n) is 10.3. The quantitative estimate of drug-likeness (QED) is 0.170. The molecular formula is C31H35NO6. The van der Waals surface area contributed by atoms with Crippen LogP contribution in [0.15, 0.2) is 66.7 Å². The molecule has 3 rings (SSSR count). The Morgan fingerprint density at radius 2 is 1.61 bits per heavy atom. The molecule has 0 aliphatic carbocycles. The number of allylic oxidation sites excluding steroid dienone is 1. The first-order valence-corrected chi connectivity index (χ1v) is 12.6. The van der Waals surface area contributed by atoms with Crippen molar-refractivity contribution in [1.29, 1.82) is 0 Å². The fourth-order valence-corrected chi connectivity index (χ4v) is 4.46. The van der Waals surface area contributed by atoms with Crippen LogP contribution in [-0.2, 0) is 14.3 Å². The smallest absolute Gasteiger partial charge is 0.311 e. The summed E-state index contributed by atoms with van der Waals surface area (Å²) in [5.41, 5.74) is 0.0700. The van der Waals surface area contributed by atoms with Crippen LogP contribution in [0.25, 0.3) is 16.8 Å². The third-order valence-corrected chi connectivity index (χ3v) is 6.81. The van der Waals surface area contributed by atoms with Crippen molar-refractivity contribution in [3.8, 4) is 5.75 Å². The lowest BCUT2D eigenvalue weighted by Crippen LogP contribution is -2.40. The largest absolute Gasteiger partial charge is 0.507 e. The number of benzene rings is 3. The third kappa shape index (κ3) is 6.66. The van der Waals surface area contributed by atoms with Crippen molar-refractivity contribution >= 4 is 40.2 Å². The third-order valence-electron chi connectivity index (χ3n) is 6.81. The number of aliphatic hydroxyl groups excluding tert-OH is 1. The van der Waals surface area contributed by atoms with Crippen LogP contribution in [0.2, 0.25) is 0 Å². The molecule has 0 aliphatic rings. The number of phenols is 1. The summed E-state index contributed by atoms with van der Waals surface area (Å²) in [6.07, 6.45) is 3.97. The van der Waals surface area contributed by atoms with E-state index < -0.39 is 16.8 Å². The summed E-state index contributed by atoms with van der Waals surface area (Å²) in [5, 5.41) is 23.5. The van der Waals surface area contributed by atoms with Gasteiger partial charge in [-0.25, -0.2) is 0 Å². The average Bonchev–Trinajstić information content (AvgIpc) is 2.91. The monoisotopic (exact) mass is 517 g/mol. The van der Waals surface area contributed by atoms with E-state index in [1.165, 1.54) is 6.08 Å². The van der Waals surface area contributed by atoms with Gasteiger partial charge in [0.15, 0.2) is 5.78 Å². The molecule has 0 aliphatic heterocycles. The normalized spacial score (nSPS) is 13.3. The van der Waals surface area contributed by atoms with E-state index in [0.29, 0.717) is 23.1 Å². The van der Waals surface area contributed by atoms with Crippen LogP contribution in [0.5, 0.6) is 5.75 Å². The zero-order chi connectivity index (χ0) is 27.9. The Kier molecular flexibility index (Phi) is 9.07. The molecule has 0 fully saturated rings. The van der Waals surface area contributed by atoms with Crippen LogP contribution in [0.4, 0.5) is 5.69 Å². The minimum absolute atomic E-state index is 0.0803. The van der Waals surface area contributed by atoms with Crippen molar-refractivity contribution in [3.63, 3.8) is 0 Å². The topological polar surface area (TPSA) is 113 Å². The van der Waals surface area contributed by atoms with Gasteiger partial charge in [-0.1, -0.05) is 50.3 Å². The minimum atomic E-state index is -0.914. The number of hydrogen-bond donors (Lipinski definition) is 3. The van der Waals surface area contributed by atoms with Gasteiger partial charge in [0.05, 0.1) is 12.0 Å². The fourth-order valence-electron chi connectivity index (χ4n) is 4.46. The molecule has 0 bridgehead atoms. The Balaban J connectivity index is 1.69. The number of ether oxygens (including phenoxy) is 1. The van der Waals surface area contributed by atoms with Crippen molar-refractivity contribution in [1.82, 2.24) is 0 Å². The summed E-state index contributed by atoms with van der Waals surface area (Å²) >= 11 is 0. The summed E-state index contributed by atoms with van der Waals surface area (Å²) in [7, 11) is 0. The van der Waals surface area contributed by atoms with Crippen LogP contribution < -0.4 is 5.32 Å². The maximum absolute atomic E-state index is 13.2. The number of carbonyl (C=O) groups excluding carboxylic acids is 3. The molecule has 0 saturated heterocycles. The Morgan fingerprint density at radius 3 is 2.24 bits per heavy atom. The number of esters is 1. The number of carbonyl (C=O) groups is 3. The molecule has 0 spiro atoms. The number of anilines is 1. The first-order chi connectivity index (χ1) is 18.0. The molecule has 0 heterocycles. The lowest BCUT2D eigenvalue weighted by atomic mass is 9.71. The molecular weight excluding hydrogens is 482 g/mol. The first-order valence-electron chi connectivity index (χ1n) is 12.6. The molecule has 3 aromatic rings. The molecule has 1 amide bonds. The van der Waals surface area contributed by atoms with Crippen molar-refractivity contribution < 1.29 is 29.3 Å². The molecule has 3 aromatic carbocycles. The van der Waals surface area contributed by atoms with Gasteiger partial charge in [0.25, 0.3) is 0 Å². The van der Waals surface area contributed by atoms with Gasteiger partial charge in [0.2, 0.25) is 5.91 Å². The number of amides is 1. The van der Waals surface area contributed by atoms with Crippen LogP contribution in [0.3, 0.4) is 0 Å². The lowest BCUT2D eigenvalue weighted by molar-refractivity contribution is -0.157. The first kappa shape index (κ1) is 28.6. The zero-order valence-electron chi connectivity index (χ0n) is 22.3. The van der Waals surface area contributed by atoms with E-state index in [4.69, 9.17) is 9.84 Å². The van der Waals surface area contributed by atoms with Gasteiger partial charge in [0, 0.05) is 22.1 Å². The molecule has 7 nitrogen and oxygen atoms in total. The molecule has 200 valence electrons. The van der Waals surface area contributed by atoms with Crippen molar-refractivity contribution in [2.75, 3.05) is 18.5 Å². The second kappa shape index (κ2) is 12.0. The van der Waals surface area contributed by atoms with Gasteiger partial charge in [-0.05, 0) is 74.0 Å². The Bertz CT molecular complexity index is 1340. The molecule has 0 saturated carbocycles. The van der Waals surface area contributed by atoms with E-state index in [2.05, 4.69) is 5.32 Å². The van der Waals surface area contributed by atoms with E-state index in [1.807, 2.05) is 31.2 Å². The second-order valence-corrected chi connectivity index (χ2v) is 10.3. The van der Waals surface area contributed by atoms with Crippen LogP contribution in [0, 0.1) is 10.8 Å². The number of aliphatic hydroxyl groups is 1. The van der Waals surface area contributed by atoms with Crippen LogP contribution in [0.1, 0.15) is 56.5 Å². The zero-order valence-corrected chi connectivity index (χ0v) is 22.3. The Hall–Kier alpha value is -3.97. The number of rotatable bonds is 11. The maximum atomic E-state index is 13.2. The Labute approximate surface area is 223 Å². The average molecular weight is 518 g/mol. The van der Waals surface area contributed by atoms with Gasteiger partial charge < -0.3 is 20.3 Å². The standard InChI is InChI=1S/C31H35NO6/c1-5-31(4,20-30(2,3)29(37)38-19-18-33)28(36)32-23-14-10-22(11-15-23)26(34)16-12-21-13-17-27(35)25-9-7-6-8-24(21)25/h6-17,33,35H,5,18-20H2,1-4H3,(H,32,36). The molecule has 0 radical (unpaired) electrons. The number of phenolic OH excluding ortho intramolecular Hbond substituents is 1. The summed E-state index contributed by atoms with van der Waals surface area (Å²) in [4.78, 5) is 38.4. The highest BCUT2D eigenvalue weighted by Crippen LogP contribution is 2.38. The molecule has 7 heteroatoms. The van der Waals surface area contributed by atoms with Crippen molar-refractivity contribution in [2.45, 2.75) is 40.5 Å². The van der Waals surface area contributed by atoms with Crippen LogP contribution >= 0.6 is 0 Å². The number of aromatic hydroxyl groups is 1. The summed E-state index contributed by atoms with van der Waals surface area (Å²) < 4.78 is 5.09. The lowest BCUT2D eigenvalue weighted by Gasteiger charge is -2.34. The summed E-state index contributed by atoms with van der Waals surface area (Å²) in [6.45, 7) is 6.81. The summed E-state index contributed by atoms with van der Waals surface area (Å²) in [6, 6.07) is 17.4. The molecule has 1 unspecified atom stereocenters. The van der Waals surface area contributed by atoms with Crippen LogP contribution in [-0.4, -0.2) is 41.1 Å². The van der Waals surface area contributed by atoms with Gasteiger partial charge >= 0.3 is 5.97 Å². The Morgan fingerprint density at radius 1 is 0.947 bits per heavy atom. The van der Waals surface area contributed by atoms with Gasteiger partial charge in [-0.15, -0.1) is 0 Å². The highest BCUT2D eigenvalue weighted by Gasteiger charge is 2.41. The number of hydrogen-bond acceptors (Lipinski definition) is 6. The predicted molar refractivity (Wildman–Crippen MR) is 149 cm³/mol. The van der Waals surface area contributed by atoms with E-state index in [0.717, 1.165) is 10.9 Å². The molecule has 38 heavy (non-hydrogen) atoms. The van der Waals surface area contributed by atoms with Gasteiger partial charge in [-0.2, -0.15) is 0 Å². The summed E-state index contributed by atoms with van der Waals surface area (Å²) in [5.74, 6) is -0.705. The number of ketones is 1. The minimum Gasteiger partial charge on any atom is -0.507 e. The highest BCUT2D eigenvalue weighted by atomic mass is 16.5. The maximum Gasteiger partial charge on any atom is 0.311 e. The highest BCUT2D eigenvalue weighted by molar-refractivity contribution is 6.08. The van der Waals surface area contributed by atoms with E-state index in [1.54, 1.807) is 63.2 Å². The SMILES string of the molecule is CCC(C)(CC(C)(C)C(=O)OCCO)C(=O)Nc1ccc(C(=O)C=Cc2ccc(O)c3ccccc23)cc1. The van der Waals surface area contributed by atoms with Crippen molar-refractivity contribution in [2.24, 2.45) is 10.8 Å². The van der Waals surface area contributed by atoms with Crippen molar-refractivity contribution in [3.05, 3.63) is 77.9 Å². The number of nitrogens with one attached hydrogen (secondary N) is 1.